The molecule has 0 spiro atoms. The first kappa shape index (κ1) is 12.2. The Morgan fingerprint density at radius 3 is 2.63 bits per heavy atom. The smallest absolute Gasteiger partial charge is 0.150 e. The molecule has 0 atom stereocenters. The van der Waals surface area contributed by atoms with Gasteiger partial charge in [0.1, 0.15) is 6.29 Å². The van der Waals surface area contributed by atoms with Crippen molar-refractivity contribution in [2.75, 3.05) is 0 Å². The van der Waals surface area contributed by atoms with Gasteiger partial charge in [-0.05, 0) is 43.7 Å². The second kappa shape index (κ2) is 4.39. The topological polar surface area (TPSA) is 22.0 Å². The van der Waals surface area contributed by atoms with Gasteiger partial charge in [0, 0.05) is 28.4 Å². The Bertz CT molecular complexity index is 801. The van der Waals surface area contributed by atoms with Gasteiger partial charge in [0.05, 0.1) is 10.5 Å². The van der Waals surface area contributed by atoms with Gasteiger partial charge in [0.15, 0.2) is 0 Å². The highest BCUT2D eigenvalue weighted by Gasteiger charge is 2.14. The van der Waals surface area contributed by atoms with Crippen molar-refractivity contribution in [3.8, 4) is 0 Å². The highest BCUT2D eigenvalue weighted by Crippen LogP contribution is 2.36. The number of aromatic nitrogens is 1. The molecule has 3 aromatic rings. The minimum absolute atomic E-state index is 0.681. The predicted octanol–water partition coefficient (Wildman–Crippen LogP) is 4.59. The van der Waals surface area contributed by atoms with Crippen LogP contribution in [0.4, 0.5) is 0 Å². The summed E-state index contributed by atoms with van der Waals surface area (Å²) in [6, 6.07) is 9.90. The average molecular weight is 272 g/mol. The van der Waals surface area contributed by atoms with Gasteiger partial charge in [-0.15, -0.1) is 0 Å². The average Bonchev–Trinajstić information content (AvgIpc) is 2.75. The molecule has 0 aliphatic rings. The van der Waals surface area contributed by atoms with E-state index in [1.807, 2.05) is 31.2 Å². The van der Waals surface area contributed by atoms with Crippen LogP contribution in [-0.2, 0) is 6.54 Å². The first-order valence-electron chi connectivity index (χ1n) is 6.33. The zero-order valence-corrected chi connectivity index (χ0v) is 11.7. The Labute approximate surface area is 116 Å². The molecule has 3 heteroatoms. The van der Waals surface area contributed by atoms with Crippen LogP contribution >= 0.6 is 11.6 Å². The fraction of sp³-hybridized carbons (Fsp3) is 0.188. The van der Waals surface area contributed by atoms with Crippen LogP contribution in [0.25, 0.3) is 21.8 Å². The molecule has 96 valence electrons. The minimum Gasteiger partial charge on any atom is -0.341 e. The Hall–Kier alpha value is -1.80. The van der Waals surface area contributed by atoms with Gasteiger partial charge in [-0.25, -0.2) is 0 Å². The lowest BCUT2D eigenvalue weighted by molar-refractivity contribution is 0.112. The van der Waals surface area contributed by atoms with Crippen molar-refractivity contribution in [3.63, 3.8) is 0 Å². The van der Waals surface area contributed by atoms with Gasteiger partial charge < -0.3 is 4.57 Å². The number of rotatable bonds is 2. The number of nitrogens with zero attached hydrogens (tertiary/aromatic N) is 1. The van der Waals surface area contributed by atoms with Crippen LogP contribution in [0.15, 0.2) is 30.3 Å². The molecule has 0 N–H and O–H groups in total. The largest absolute Gasteiger partial charge is 0.341 e. The summed E-state index contributed by atoms with van der Waals surface area (Å²) in [6.45, 7) is 4.99. The number of hydrogen-bond acceptors (Lipinski definition) is 1. The second-order valence-electron chi connectivity index (χ2n) is 4.73. The third-order valence-corrected chi connectivity index (χ3v) is 4.12. The number of aldehydes is 1. The molecule has 0 saturated carbocycles. The van der Waals surface area contributed by atoms with Gasteiger partial charge >= 0.3 is 0 Å². The standard InChI is InChI=1S/C16H14ClNO/c1-3-18-13-7-5-11(9-19)8-12(13)15-14(18)6-4-10(2)16(15)17/h4-9H,3H2,1-2H3. The van der Waals surface area contributed by atoms with E-state index in [-0.39, 0.29) is 0 Å². The molecule has 0 fully saturated rings. The maximum Gasteiger partial charge on any atom is 0.150 e. The fourth-order valence-corrected chi connectivity index (χ4v) is 2.95. The summed E-state index contributed by atoms with van der Waals surface area (Å²) in [5.74, 6) is 0. The van der Waals surface area contributed by atoms with Gasteiger partial charge in [-0.2, -0.15) is 0 Å². The quantitative estimate of drug-likeness (QED) is 0.625. The minimum atomic E-state index is 0.681. The van der Waals surface area contributed by atoms with Gasteiger partial charge in [-0.1, -0.05) is 17.7 Å². The molecule has 2 aromatic carbocycles. The first-order valence-corrected chi connectivity index (χ1v) is 6.71. The van der Waals surface area contributed by atoms with Crippen LogP contribution in [0.3, 0.4) is 0 Å². The van der Waals surface area contributed by atoms with Crippen molar-refractivity contribution in [1.29, 1.82) is 0 Å². The summed E-state index contributed by atoms with van der Waals surface area (Å²) in [4.78, 5) is 11.0. The highest BCUT2D eigenvalue weighted by atomic mass is 35.5. The molecule has 3 rings (SSSR count). The van der Waals surface area contributed by atoms with Crippen molar-refractivity contribution in [2.24, 2.45) is 0 Å². The molecule has 0 amide bonds. The van der Waals surface area contributed by atoms with Crippen molar-refractivity contribution in [1.82, 2.24) is 4.57 Å². The number of hydrogen-bond donors (Lipinski definition) is 0. The Morgan fingerprint density at radius 2 is 1.95 bits per heavy atom. The third kappa shape index (κ3) is 1.67. The van der Waals surface area contributed by atoms with Gasteiger partial charge in [0.25, 0.3) is 0 Å². The van der Waals surface area contributed by atoms with Crippen LogP contribution < -0.4 is 0 Å². The lowest BCUT2D eigenvalue weighted by Crippen LogP contribution is -1.93. The molecule has 0 aliphatic heterocycles. The van der Waals surface area contributed by atoms with Crippen LogP contribution in [0.5, 0.6) is 0 Å². The van der Waals surface area contributed by atoms with E-state index in [2.05, 4.69) is 17.6 Å². The molecule has 0 aliphatic carbocycles. The van der Waals surface area contributed by atoms with Crippen molar-refractivity contribution >= 4 is 39.7 Å². The van der Waals surface area contributed by atoms with E-state index in [0.29, 0.717) is 5.56 Å². The number of carbonyl (C=O) groups is 1. The van der Waals surface area contributed by atoms with Crippen LogP contribution in [-0.4, -0.2) is 10.9 Å². The summed E-state index contributed by atoms with van der Waals surface area (Å²) in [5, 5.41) is 2.87. The molecule has 19 heavy (non-hydrogen) atoms. The summed E-state index contributed by atoms with van der Waals surface area (Å²) in [6.07, 6.45) is 0.873. The summed E-state index contributed by atoms with van der Waals surface area (Å²) >= 11 is 6.47. The van der Waals surface area contributed by atoms with E-state index in [1.165, 1.54) is 0 Å². The summed E-state index contributed by atoms with van der Waals surface area (Å²) in [7, 11) is 0. The highest BCUT2D eigenvalue weighted by molar-refractivity contribution is 6.38. The lowest BCUT2D eigenvalue weighted by Gasteiger charge is -2.03. The number of aryl methyl sites for hydroxylation is 2. The SMILES string of the molecule is CCn1c2ccc(C=O)cc2c2c(Cl)c(C)ccc21. The van der Waals surface area contributed by atoms with Crippen molar-refractivity contribution in [2.45, 2.75) is 20.4 Å². The van der Waals surface area contributed by atoms with E-state index in [4.69, 9.17) is 11.6 Å². The third-order valence-electron chi connectivity index (χ3n) is 3.64. The first-order chi connectivity index (χ1) is 9.17. The van der Waals surface area contributed by atoms with Crippen molar-refractivity contribution in [3.05, 3.63) is 46.5 Å². The van der Waals surface area contributed by atoms with E-state index in [1.54, 1.807) is 0 Å². The lowest BCUT2D eigenvalue weighted by atomic mass is 10.1. The van der Waals surface area contributed by atoms with E-state index < -0.39 is 0 Å². The van der Waals surface area contributed by atoms with Crippen molar-refractivity contribution < 1.29 is 4.79 Å². The molecule has 2 nitrogen and oxygen atoms in total. The van der Waals surface area contributed by atoms with Crippen LogP contribution in [0.1, 0.15) is 22.8 Å². The Balaban J connectivity index is 2.59. The van der Waals surface area contributed by atoms with Gasteiger partial charge in [-0.3, -0.25) is 4.79 Å². The molecular formula is C16H14ClNO. The maximum atomic E-state index is 11.0. The van der Waals surface area contributed by atoms with E-state index in [9.17, 15) is 4.79 Å². The molecule has 0 saturated heterocycles. The molecular weight excluding hydrogens is 258 g/mol. The van der Waals surface area contributed by atoms with Crippen LogP contribution in [0.2, 0.25) is 5.02 Å². The van der Waals surface area contributed by atoms with Crippen LogP contribution in [0, 0.1) is 6.92 Å². The van der Waals surface area contributed by atoms with Gasteiger partial charge in [0.2, 0.25) is 0 Å². The predicted molar refractivity (Wildman–Crippen MR) is 80.3 cm³/mol. The van der Waals surface area contributed by atoms with E-state index in [0.717, 1.165) is 45.2 Å². The fourth-order valence-electron chi connectivity index (χ4n) is 2.68. The normalized spacial score (nSPS) is 11.3. The number of benzene rings is 2. The number of fused-ring (bicyclic) bond motifs is 3. The number of carbonyl (C=O) groups excluding carboxylic acids is 1. The second-order valence-corrected chi connectivity index (χ2v) is 5.11. The molecule has 1 heterocycles. The molecule has 0 bridgehead atoms. The number of halogens is 1. The van der Waals surface area contributed by atoms with E-state index >= 15 is 0 Å². The maximum absolute atomic E-state index is 11.0. The molecule has 0 unspecified atom stereocenters. The molecule has 0 radical (unpaired) electrons. The summed E-state index contributed by atoms with van der Waals surface area (Å²) < 4.78 is 2.23. The Morgan fingerprint density at radius 1 is 1.21 bits per heavy atom. The monoisotopic (exact) mass is 271 g/mol. The molecule has 1 aromatic heterocycles. The zero-order chi connectivity index (χ0) is 13.6. The Kier molecular flexibility index (Phi) is 2.83. The summed E-state index contributed by atoms with van der Waals surface area (Å²) in [5.41, 5.74) is 3.98. The zero-order valence-electron chi connectivity index (χ0n) is 10.9.